The molecule has 1 aromatic rings. The summed E-state index contributed by atoms with van der Waals surface area (Å²) in [7, 11) is 0. The summed E-state index contributed by atoms with van der Waals surface area (Å²) in [5.41, 5.74) is 0.963. The quantitative estimate of drug-likeness (QED) is 0.516. The van der Waals surface area contributed by atoms with E-state index in [0.717, 1.165) is 66.9 Å². The molecule has 5 fully saturated rings. The van der Waals surface area contributed by atoms with Gasteiger partial charge >= 0.3 is 0 Å². The van der Waals surface area contributed by atoms with Gasteiger partial charge in [0.1, 0.15) is 0 Å². The van der Waals surface area contributed by atoms with Crippen molar-refractivity contribution in [2.75, 3.05) is 6.61 Å². The molecule has 0 saturated heterocycles. The van der Waals surface area contributed by atoms with Gasteiger partial charge in [-0.1, -0.05) is 12.1 Å². The summed E-state index contributed by atoms with van der Waals surface area (Å²) in [5.74, 6) is 4.40. The molecule has 5 aliphatic carbocycles. The number of allylic oxidation sites excluding steroid dienone is 1. The highest BCUT2D eigenvalue weighted by atomic mass is 16.5. The number of ether oxygens (including phenoxy) is 2. The summed E-state index contributed by atoms with van der Waals surface area (Å²) in [5, 5.41) is 0. The number of hydrogen-bond acceptors (Lipinski definition) is 3. The van der Waals surface area contributed by atoms with E-state index in [0.29, 0.717) is 18.5 Å². The van der Waals surface area contributed by atoms with Crippen molar-refractivity contribution in [3.05, 3.63) is 29.8 Å². The van der Waals surface area contributed by atoms with Gasteiger partial charge in [-0.3, -0.25) is 4.79 Å². The molecule has 0 spiro atoms. The molecule has 0 N–H and O–H groups in total. The lowest BCUT2D eigenvalue weighted by molar-refractivity contribution is -0.138. The summed E-state index contributed by atoms with van der Waals surface area (Å²) in [6.45, 7) is 2.61. The molecule has 5 aliphatic rings. The second-order valence-corrected chi connectivity index (χ2v) is 10.1. The first-order valence-electron chi connectivity index (χ1n) is 11.8. The first-order valence-corrected chi connectivity index (χ1v) is 11.8. The Kier molecular flexibility index (Phi) is 5.17. The first kappa shape index (κ1) is 19.2. The van der Waals surface area contributed by atoms with E-state index < -0.39 is 0 Å². The Hall–Kier alpha value is -1.77. The molecule has 6 rings (SSSR count). The standard InChI is InChI=1S/C26H34O3/c1-2-28-24-14-18(7-9-23(24)29-22-5-3-4-6-22)8-10-25(27)26-15-19-11-20(16-26)13-21(12-19)17-26/h7-10,14,19-22H,2-6,11-13,15-17H2,1H3/b10-8+. The van der Waals surface area contributed by atoms with Crippen molar-refractivity contribution in [2.24, 2.45) is 23.2 Å². The Bertz CT molecular complexity index is 752. The highest BCUT2D eigenvalue weighted by molar-refractivity contribution is 5.98. The third-order valence-electron chi connectivity index (χ3n) is 7.85. The predicted molar refractivity (Wildman–Crippen MR) is 115 cm³/mol. The number of ketones is 1. The van der Waals surface area contributed by atoms with Crippen LogP contribution < -0.4 is 9.47 Å². The van der Waals surface area contributed by atoms with E-state index in [4.69, 9.17) is 9.47 Å². The minimum absolute atomic E-state index is 0.0560. The van der Waals surface area contributed by atoms with E-state index in [1.165, 1.54) is 32.1 Å². The molecule has 156 valence electrons. The van der Waals surface area contributed by atoms with Gasteiger partial charge in [-0.2, -0.15) is 0 Å². The van der Waals surface area contributed by atoms with Crippen molar-refractivity contribution in [2.45, 2.75) is 77.2 Å². The lowest BCUT2D eigenvalue weighted by Gasteiger charge is -2.55. The SMILES string of the molecule is CCOc1cc(/C=C/C(=O)C23CC4CC(CC(C4)C2)C3)ccc1OC1CCCC1. The number of carbonyl (C=O) groups is 1. The molecule has 0 heterocycles. The van der Waals surface area contributed by atoms with Crippen molar-refractivity contribution in [1.82, 2.24) is 0 Å². The summed E-state index contributed by atoms with van der Waals surface area (Å²) in [6, 6.07) is 6.09. The van der Waals surface area contributed by atoms with Crippen LogP contribution in [0, 0.1) is 23.2 Å². The molecule has 0 unspecified atom stereocenters. The average molecular weight is 395 g/mol. The smallest absolute Gasteiger partial charge is 0.161 e. The maximum Gasteiger partial charge on any atom is 0.161 e. The highest BCUT2D eigenvalue weighted by Gasteiger charge is 2.53. The van der Waals surface area contributed by atoms with Crippen LogP contribution in [0.2, 0.25) is 0 Å². The molecule has 0 atom stereocenters. The van der Waals surface area contributed by atoms with E-state index in [1.54, 1.807) is 0 Å². The van der Waals surface area contributed by atoms with Crippen molar-refractivity contribution in [3.8, 4) is 11.5 Å². The van der Waals surface area contributed by atoms with Crippen LogP contribution in [0.5, 0.6) is 11.5 Å². The van der Waals surface area contributed by atoms with Gasteiger partial charge in [0.25, 0.3) is 0 Å². The van der Waals surface area contributed by atoms with Crippen LogP contribution in [0.15, 0.2) is 24.3 Å². The summed E-state index contributed by atoms with van der Waals surface area (Å²) in [6.07, 6.45) is 16.4. The normalized spacial score (nSPS) is 33.5. The molecule has 0 aliphatic heterocycles. The van der Waals surface area contributed by atoms with Crippen LogP contribution in [0.3, 0.4) is 0 Å². The van der Waals surface area contributed by atoms with E-state index >= 15 is 0 Å². The third kappa shape index (κ3) is 3.85. The van der Waals surface area contributed by atoms with Crippen LogP contribution in [-0.2, 0) is 4.79 Å². The maximum absolute atomic E-state index is 13.2. The lowest BCUT2D eigenvalue weighted by atomic mass is 9.48. The zero-order valence-corrected chi connectivity index (χ0v) is 17.7. The van der Waals surface area contributed by atoms with E-state index in [1.807, 2.05) is 31.2 Å². The number of benzene rings is 1. The molecular weight excluding hydrogens is 360 g/mol. The maximum atomic E-state index is 13.2. The average Bonchev–Trinajstić information content (AvgIpc) is 3.20. The molecule has 1 aromatic carbocycles. The fraction of sp³-hybridized carbons (Fsp3) is 0.654. The fourth-order valence-electron chi connectivity index (χ4n) is 6.94. The van der Waals surface area contributed by atoms with Gasteiger partial charge in [0.05, 0.1) is 12.7 Å². The highest BCUT2D eigenvalue weighted by Crippen LogP contribution is 2.60. The minimum atomic E-state index is -0.0560. The Labute approximate surface area is 174 Å². The third-order valence-corrected chi connectivity index (χ3v) is 7.85. The van der Waals surface area contributed by atoms with Crippen molar-refractivity contribution < 1.29 is 14.3 Å². The Morgan fingerprint density at radius 1 is 1.03 bits per heavy atom. The molecule has 5 saturated carbocycles. The summed E-state index contributed by atoms with van der Waals surface area (Å²) >= 11 is 0. The van der Waals surface area contributed by atoms with Gasteiger partial charge in [-0.05, 0) is 113 Å². The zero-order valence-electron chi connectivity index (χ0n) is 17.7. The van der Waals surface area contributed by atoms with E-state index in [2.05, 4.69) is 6.07 Å². The first-order chi connectivity index (χ1) is 14.1. The van der Waals surface area contributed by atoms with E-state index in [-0.39, 0.29) is 5.41 Å². The van der Waals surface area contributed by atoms with Crippen molar-refractivity contribution in [1.29, 1.82) is 0 Å². The van der Waals surface area contributed by atoms with Crippen LogP contribution in [0.4, 0.5) is 0 Å². The van der Waals surface area contributed by atoms with Gasteiger partial charge < -0.3 is 9.47 Å². The number of carbonyl (C=O) groups excluding carboxylic acids is 1. The number of rotatable bonds is 7. The van der Waals surface area contributed by atoms with Crippen molar-refractivity contribution >= 4 is 11.9 Å². The molecule has 4 bridgehead atoms. The second kappa shape index (κ2) is 7.81. The summed E-state index contributed by atoms with van der Waals surface area (Å²) < 4.78 is 12.0. The molecular formula is C26H34O3. The topological polar surface area (TPSA) is 35.5 Å². The fourth-order valence-corrected chi connectivity index (χ4v) is 6.94. The summed E-state index contributed by atoms with van der Waals surface area (Å²) in [4.78, 5) is 13.2. The molecule has 3 nitrogen and oxygen atoms in total. The van der Waals surface area contributed by atoms with Crippen LogP contribution in [-0.4, -0.2) is 18.5 Å². The number of hydrogen-bond donors (Lipinski definition) is 0. The molecule has 0 aromatic heterocycles. The zero-order chi connectivity index (χ0) is 19.8. The Balaban J connectivity index is 1.31. The lowest BCUT2D eigenvalue weighted by Crippen LogP contribution is -2.49. The monoisotopic (exact) mass is 394 g/mol. The van der Waals surface area contributed by atoms with Gasteiger partial charge in [0, 0.05) is 5.41 Å². The Morgan fingerprint density at radius 3 is 2.31 bits per heavy atom. The Morgan fingerprint density at radius 2 is 1.69 bits per heavy atom. The molecule has 29 heavy (non-hydrogen) atoms. The van der Waals surface area contributed by atoms with Crippen LogP contribution in [0.1, 0.15) is 76.7 Å². The van der Waals surface area contributed by atoms with Crippen LogP contribution >= 0.6 is 0 Å². The van der Waals surface area contributed by atoms with Crippen molar-refractivity contribution in [3.63, 3.8) is 0 Å². The molecule has 0 radical (unpaired) electrons. The van der Waals surface area contributed by atoms with Gasteiger partial charge in [-0.15, -0.1) is 0 Å². The molecule has 3 heteroatoms. The van der Waals surface area contributed by atoms with Gasteiger partial charge in [0.2, 0.25) is 0 Å². The van der Waals surface area contributed by atoms with E-state index in [9.17, 15) is 4.79 Å². The van der Waals surface area contributed by atoms with Gasteiger partial charge in [0.15, 0.2) is 17.3 Å². The predicted octanol–water partition coefficient (Wildman–Crippen LogP) is 6.21. The molecule has 0 amide bonds. The minimum Gasteiger partial charge on any atom is -0.490 e. The van der Waals surface area contributed by atoms with Crippen LogP contribution in [0.25, 0.3) is 6.08 Å². The second-order valence-electron chi connectivity index (χ2n) is 10.1. The largest absolute Gasteiger partial charge is 0.490 e. The van der Waals surface area contributed by atoms with Gasteiger partial charge in [-0.25, -0.2) is 0 Å².